The van der Waals surface area contributed by atoms with E-state index in [1.54, 1.807) is 0 Å². The number of rotatable bonds is 2. The minimum Gasteiger partial charge on any atom is -0.316 e. The summed E-state index contributed by atoms with van der Waals surface area (Å²) in [6, 6.07) is 6.93. The van der Waals surface area contributed by atoms with Crippen molar-refractivity contribution in [3.8, 4) is 0 Å². The second-order valence-corrected chi connectivity index (χ2v) is 5.12. The zero-order chi connectivity index (χ0) is 10.7. The van der Waals surface area contributed by atoms with Crippen LogP contribution in [0.3, 0.4) is 0 Å². The summed E-state index contributed by atoms with van der Waals surface area (Å²) in [5.41, 5.74) is 2.93. The summed E-state index contributed by atoms with van der Waals surface area (Å²) in [7, 11) is 0. The van der Waals surface area contributed by atoms with Crippen LogP contribution in [0.1, 0.15) is 29.9 Å². The van der Waals surface area contributed by atoms with Gasteiger partial charge in [0.25, 0.3) is 0 Å². The topological polar surface area (TPSA) is 12.0 Å². The molecule has 1 unspecified atom stereocenters. The maximum absolute atomic E-state index is 3.48. The number of thioether (sulfide) groups is 1. The van der Waals surface area contributed by atoms with Crippen LogP contribution < -0.4 is 5.32 Å². The quantitative estimate of drug-likeness (QED) is 0.770. The number of hydrogen-bond acceptors (Lipinski definition) is 2. The van der Waals surface area contributed by atoms with Gasteiger partial charge < -0.3 is 5.32 Å². The highest BCUT2D eigenvalue weighted by Gasteiger charge is 2.15. The van der Waals surface area contributed by atoms with Crippen LogP contribution in [-0.4, -0.2) is 19.3 Å². The fourth-order valence-corrected chi connectivity index (χ4v) is 2.88. The summed E-state index contributed by atoms with van der Waals surface area (Å²) < 4.78 is 0. The molecule has 0 saturated carbocycles. The molecule has 1 fully saturated rings. The number of hydrogen-bond donors (Lipinski definition) is 1. The standard InChI is InChI=1S/C13H19NS/c1-10-8-11(5-6-13(10)15-2)12-4-3-7-14-9-12/h5-6,8,12,14H,3-4,7,9H2,1-2H3. The molecule has 1 heterocycles. The molecule has 1 aromatic rings. The Morgan fingerprint density at radius 2 is 2.27 bits per heavy atom. The molecule has 1 saturated heterocycles. The van der Waals surface area contributed by atoms with Crippen molar-refractivity contribution in [1.29, 1.82) is 0 Å². The smallest absolute Gasteiger partial charge is 0.00985 e. The molecule has 0 aliphatic carbocycles. The van der Waals surface area contributed by atoms with Crippen molar-refractivity contribution < 1.29 is 0 Å². The average molecular weight is 221 g/mol. The Labute approximate surface area is 96.7 Å². The summed E-state index contributed by atoms with van der Waals surface area (Å²) in [5, 5.41) is 3.48. The van der Waals surface area contributed by atoms with E-state index >= 15 is 0 Å². The van der Waals surface area contributed by atoms with Gasteiger partial charge in [0.15, 0.2) is 0 Å². The number of benzene rings is 1. The summed E-state index contributed by atoms with van der Waals surface area (Å²) in [6.45, 7) is 4.56. The Balaban J connectivity index is 2.17. The van der Waals surface area contributed by atoms with Crippen molar-refractivity contribution in [2.45, 2.75) is 30.6 Å². The van der Waals surface area contributed by atoms with Gasteiger partial charge in [-0.25, -0.2) is 0 Å². The van der Waals surface area contributed by atoms with Crippen LogP contribution in [-0.2, 0) is 0 Å². The van der Waals surface area contributed by atoms with Crippen LogP contribution in [0.5, 0.6) is 0 Å². The van der Waals surface area contributed by atoms with Gasteiger partial charge in [0.05, 0.1) is 0 Å². The first kappa shape index (κ1) is 11.0. The largest absolute Gasteiger partial charge is 0.316 e. The molecule has 1 aromatic carbocycles. The minimum absolute atomic E-state index is 0.730. The van der Waals surface area contributed by atoms with Crippen LogP contribution in [0.25, 0.3) is 0 Å². The molecule has 2 rings (SSSR count). The van der Waals surface area contributed by atoms with Crippen LogP contribution in [0, 0.1) is 6.92 Å². The van der Waals surface area contributed by atoms with Crippen molar-refractivity contribution in [3.05, 3.63) is 29.3 Å². The van der Waals surface area contributed by atoms with Gasteiger partial charge in [-0.3, -0.25) is 0 Å². The first-order chi connectivity index (χ1) is 7.31. The fraction of sp³-hybridized carbons (Fsp3) is 0.538. The van der Waals surface area contributed by atoms with Gasteiger partial charge in [0, 0.05) is 11.4 Å². The number of nitrogens with one attached hydrogen (secondary N) is 1. The third-order valence-corrected chi connectivity index (χ3v) is 4.09. The molecule has 1 aliphatic heterocycles. The van der Waals surface area contributed by atoms with Gasteiger partial charge in [-0.1, -0.05) is 12.1 Å². The van der Waals surface area contributed by atoms with Gasteiger partial charge >= 0.3 is 0 Å². The first-order valence-electron chi connectivity index (χ1n) is 5.66. The second-order valence-electron chi connectivity index (χ2n) is 4.27. The third-order valence-electron chi connectivity index (χ3n) is 3.19. The van der Waals surface area contributed by atoms with Gasteiger partial charge in [-0.2, -0.15) is 0 Å². The zero-order valence-electron chi connectivity index (χ0n) is 9.55. The van der Waals surface area contributed by atoms with E-state index in [0.29, 0.717) is 0 Å². The van der Waals surface area contributed by atoms with E-state index < -0.39 is 0 Å². The maximum Gasteiger partial charge on any atom is 0.00985 e. The SMILES string of the molecule is CSc1ccc(C2CCCNC2)cc1C. The molecule has 1 N–H and O–H groups in total. The molecule has 0 bridgehead atoms. The van der Waals surface area contributed by atoms with Crippen molar-refractivity contribution >= 4 is 11.8 Å². The van der Waals surface area contributed by atoms with Crippen molar-refractivity contribution in [3.63, 3.8) is 0 Å². The molecule has 1 nitrogen and oxygen atoms in total. The Bertz CT molecular complexity index is 329. The average Bonchev–Trinajstić information content (AvgIpc) is 2.30. The molecule has 0 amide bonds. The minimum atomic E-state index is 0.730. The maximum atomic E-state index is 3.48. The van der Waals surface area contributed by atoms with E-state index in [0.717, 1.165) is 12.5 Å². The summed E-state index contributed by atoms with van der Waals surface area (Å²) in [4.78, 5) is 1.41. The van der Waals surface area contributed by atoms with Gasteiger partial charge in [0.2, 0.25) is 0 Å². The van der Waals surface area contributed by atoms with Crippen LogP contribution in [0.15, 0.2) is 23.1 Å². The number of piperidine rings is 1. The Morgan fingerprint density at radius 3 is 2.87 bits per heavy atom. The van der Waals surface area contributed by atoms with E-state index in [1.807, 2.05) is 11.8 Å². The Hall–Kier alpha value is -0.470. The Kier molecular flexibility index (Phi) is 3.71. The predicted octanol–water partition coefficient (Wildman–Crippen LogP) is 3.18. The first-order valence-corrected chi connectivity index (χ1v) is 6.89. The van der Waals surface area contributed by atoms with E-state index in [1.165, 1.54) is 35.4 Å². The van der Waals surface area contributed by atoms with E-state index in [9.17, 15) is 0 Å². The van der Waals surface area contributed by atoms with Gasteiger partial charge in [0.1, 0.15) is 0 Å². The fourth-order valence-electron chi connectivity index (χ4n) is 2.29. The lowest BCUT2D eigenvalue weighted by atomic mass is 9.91. The summed E-state index contributed by atoms with van der Waals surface area (Å²) in [6.07, 6.45) is 4.79. The summed E-state index contributed by atoms with van der Waals surface area (Å²) in [5.74, 6) is 0.730. The predicted molar refractivity (Wildman–Crippen MR) is 67.8 cm³/mol. The van der Waals surface area contributed by atoms with Gasteiger partial charge in [-0.05, 0) is 55.7 Å². The van der Waals surface area contributed by atoms with Crippen molar-refractivity contribution in [1.82, 2.24) is 5.32 Å². The van der Waals surface area contributed by atoms with Crippen LogP contribution >= 0.6 is 11.8 Å². The highest BCUT2D eigenvalue weighted by molar-refractivity contribution is 7.98. The second kappa shape index (κ2) is 5.04. The van der Waals surface area contributed by atoms with E-state index in [4.69, 9.17) is 0 Å². The molecule has 1 atom stereocenters. The normalized spacial score (nSPS) is 21.6. The lowest BCUT2D eigenvalue weighted by molar-refractivity contribution is 0.461. The highest BCUT2D eigenvalue weighted by Crippen LogP contribution is 2.27. The molecule has 15 heavy (non-hydrogen) atoms. The molecule has 0 aromatic heterocycles. The van der Waals surface area contributed by atoms with Gasteiger partial charge in [-0.15, -0.1) is 11.8 Å². The monoisotopic (exact) mass is 221 g/mol. The van der Waals surface area contributed by atoms with Crippen LogP contribution in [0.4, 0.5) is 0 Å². The molecular formula is C13H19NS. The summed E-state index contributed by atoms with van der Waals surface area (Å²) >= 11 is 1.84. The molecule has 1 aliphatic rings. The number of aryl methyl sites for hydroxylation is 1. The third kappa shape index (κ3) is 2.56. The molecule has 0 radical (unpaired) electrons. The lowest BCUT2D eigenvalue weighted by Gasteiger charge is -2.23. The zero-order valence-corrected chi connectivity index (χ0v) is 10.4. The van der Waals surface area contributed by atoms with Crippen molar-refractivity contribution in [2.24, 2.45) is 0 Å². The molecule has 2 heteroatoms. The van der Waals surface area contributed by atoms with Crippen molar-refractivity contribution in [2.75, 3.05) is 19.3 Å². The lowest BCUT2D eigenvalue weighted by Crippen LogP contribution is -2.28. The Morgan fingerprint density at radius 1 is 1.40 bits per heavy atom. The molecular weight excluding hydrogens is 202 g/mol. The molecule has 0 spiro atoms. The van der Waals surface area contributed by atoms with E-state index in [-0.39, 0.29) is 0 Å². The highest BCUT2D eigenvalue weighted by atomic mass is 32.2. The molecule has 82 valence electrons. The van der Waals surface area contributed by atoms with E-state index in [2.05, 4.69) is 36.7 Å². The van der Waals surface area contributed by atoms with Crippen LogP contribution in [0.2, 0.25) is 0 Å².